The van der Waals surface area contributed by atoms with Gasteiger partial charge in [-0.05, 0) is 41.7 Å². The Morgan fingerprint density at radius 3 is 2.18 bits per heavy atom. The van der Waals surface area contributed by atoms with E-state index in [0.29, 0.717) is 26.2 Å². The predicted molar refractivity (Wildman–Crippen MR) is 111 cm³/mol. The Hall–Kier alpha value is -2.88. The van der Waals surface area contributed by atoms with Gasteiger partial charge < -0.3 is 9.80 Å². The summed E-state index contributed by atoms with van der Waals surface area (Å²) in [5.74, 6) is 0.534. The fourth-order valence-corrected chi connectivity index (χ4v) is 3.79. The maximum absolute atomic E-state index is 12.5. The second-order valence-corrected chi connectivity index (χ2v) is 7.60. The molecular weight excluding hydrogens is 348 g/mol. The molecule has 2 aliphatic rings. The minimum absolute atomic E-state index is 0.0147. The van der Waals surface area contributed by atoms with Gasteiger partial charge in [0.25, 0.3) is 0 Å². The summed E-state index contributed by atoms with van der Waals surface area (Å²) in [6.45, 7) is 2.54. The topological polar surface area (TPSA) is 40.6 Å². The first-order chi connectivity index (χ1) is 13.7. The van der Waals surface area contributed by atoms with Crippen LogP contribution in [0.3, 0.4) is 0 Å². The molecule has 0 radical (unpaired) electrons. The second-order valence-electron chi connectivity index (χ2n) is 7.60. The summed E-state index contributed by atoms with van der Waals surface area (Å²) < 4.78 is 0. The molecule has 1 heterocycles. The van der Waals surface area contributed by atoms with E-state index >= 15 is 0 Å². The molecule has 28 heavy (non-hydrogen) atoms. The number of carbonyl (C=O) groups is 2. The first-order valence-electron chi connectivity index (χ1n) is 10.1. The molecule has 0 N–H and O–H groups in total. The fourth-order valence-electron chi connectivity index (χ4n) is 3.79. The molecule has 1 aliphatic carbocycles. The van der Waals surface area contributed by atoms with E-state index in [1.165, 1.54) is 6.42 Å². The maximum Gasteiger partial charge on any atom is 0.246 e. The van der Waals surface area contributed by atoms with E-state index in [4.69, 9.17) is 0 Å². The Kier molecular flexibility index (Phi) is 5.56. The molecule has 4 heteroatoms. The average molecular weight is 374 g/mol. The third kappa shape index (κ3) is 4.16. The van der Waals surface area contributed by atoms with E-state index in [0.717, 1.165) is 29.5 Å². The lowest BCUT2D eigenvalue weighted by Crippen LogP contribution is -2.52. The molecule has 2 aromatic rings. The minimum Gasteiger partial charge on any atom is -0.339 e. The Morgan fingerprint density at radius 2 is 1.50 bits per heavy atom. The van der Waals surface area contributed by atoms with Crippen LogP contribution in [0.25, 0.3) is 17.2 Å². The van der Waals surface area contributed by atoms with Gasteiger partial charge in [-0.3, -0.25) is 9.59 Å². The number of rotatable bonds is 4. The van der Waals surface area contributed by atoms with E-state index in [2.05, 4.69) is 24.3 Å². The molecule has 144 valence electrons. The number of carbonyl (C=O) groups excluding carboxylic acids is 2. The van der Waals surface area contributed by atoms with Gasteiger partial charge in [-0.15, -0.1) is 0 Å². The van der Waals surface area contributed by atoms with Gasteiger partial charge in [0.2, 0.25) is 11.8 Å². The second kappa shape index (κ2) is 8.42. The molecule has 2 fully saturated rings. The zero-order chi connectivity index (χ0) is 19.3. The van der Waals surface area contributed by atoms with Gasteiger partial charge in [0, 0.05) is 38.2 Å². The van der Waals surface area contributed by atoms with Crippen LogP contribution in [-0.2, 0) is 9.59 Å². The third-order valence-electron chi connectivity index (χ3n) is 5.77. The molecule has 0 spiro atoms. The van der Waals surface area contributed by atoms with Crippen LogP contribution in [0.2, 0.25) is 0 Å². The zero-order valence-corrected chi connectivity index (χ0v) is 16.1. The Morgan fingerprint density at radius 1 is 0.821 bits per heavy atom. The van der Waals surface area contributed by atoms with Crippen molar-refractivity contribution in [1.29, 1.82) is 0 Å². The average Bonchev–Trinajstić information content (AvgIpc) is 2.72. The quantitative estimate of drug-likeness (QED) is 0.763. The normalized spacial score (nSPS) is 17.6. The van der Waals surface area contributed by atoms with Crippen LogP contribution in [0.5, 0.6) is 0 Å². The lowest BCUT2D eigenvalue weighted by atomic mass is 9.84. The van der Waals surface area contributed by atoms with Gasteiger partial charge in [-0.25, -0.2) is 0 Å². The summed E-state index contributed by atoms with van der Waals surface area (Å²) in [6.07, 6.45) is 6.75. The lowest BCUT2D eigenvalue weighted by molar-refractivity contribution is -0.142. The number of amides is 2. The van der Waals surface area contributed by atoms with E-state index < -0.39 is 0 Å². The molecule has 1 saturated carbocycles. The predicted octanol–water partition coefficient (Wildman–Crippen LogP) is 3.84. The highest BCUT2D eigenvalue weighted by Gasteiger charge is 2.31. The number of piperazine rings is 1. The molecular formula is C24H26N2O2. The smallest absolute Gasteiger partial charge is 0.246 e. The van der Waals surface area contributed by atoms with Crippen molar-refractivity contribution < 1.29 is 9.59 Å². The largest absolute Gasteiger partial charge is 0.339 e. The fraction of sp³-hybridized carbons (Fsp3) is 0.333. The third-order valence-corrected chi connectivity index (χ3v) is 5.77. The van der Waals surface area contributed by atoms with E-state index in [9.17, 15) is 9.59 Å². The van der Waals surface area contributed by atoms with Crippen molar-refractivity contribution in [3.8, 4) is 11.1 Å². The maximum atomic E-state index is 12.5. The summed E-state index contributed by atoms with van der Waals surface area (Å²) in [5.41, 5.74) is 3.31. The highest BCUT2D eigenvalue weighted by molar-refractivity contribution is 5.92. The van der Waals surface area contributed by atoms with Crippen LogP contribution in [0.15, 0.2) is 60.7 Å². The number of hydrogen-bond donors (Lipinski definition) is 0. The van der Waals surface area contributed by atoms with E-state index in [1.54, 1.807) is 6.08 Å². The number of nitrogens with zero attached hydrogens (tertiary/aromatic N) is 2. The van der Waals surface area contributed by atoms with Crippen LogP contribution >= 0.6 is 0 Å². The summed E-state index contributed by atoms with van der Waals surface area (Å²) in [4.78, 5) is 28.6. The molecule has 0 bridgehead atoms. The number of hydrogen-bond acceptors (Lipinski definition) is 2. The summed E-state index contributed by atoms with van der Waals surface area (Å²) in [7, 11) is 0. The van der Waals surface area contributed by atoms with Gasteiger partial charge in [0.05, 0.1) is 0 Å². The van der Waals surface area contributed by atoms with Crippen molar-refractivity contribution in [2.24, 2.45) is 5.92 Å². The summed E-state index contributed by atoms with van der Waals surface area (Å²) >= 11 is 0. The molecule has 0 atom stereocenters. The molecule has 1 aliphatic heterocycles. The van der Waals surface area contributed by atoms with Crippen molar-refractivity contribution in [2.75, 3.05) is 26.2 Å². The van der Waals surface area contributed by atoms with Crippen LogP contribution in [0.4, 0.5) is 0 Å². The monoisotopic (exact) mass is 374 g/mol. The van der Waals surface area contributed by atoms with Crippen molar-refractivity contribution >= 4 is 17.9 Å². The van der Waals surface area contributed by atoms with E-state index in [1.807, 2.05) is 46.2 Å². The molecule has 2 aromatic carbocycles. The molecule has 1 saturated heterocycles. The summed E-state index contributed by atoms with van der Waals surface area (Å²) in [6, 6.07) is 18.4. The lowest BCUT2D eigenvalue weighted by Gasteiger charge is -2.37. The molecule has 0 aromatic heterocycles. The highest BCUT2D eigenvalue weighted by Crippen LogP contribution is 2.28. The van der Waals surface area contributed by atoms with Crippen LogP contribution in [0.1, 0.15) is 24.8 Å². The first-order valence-corrected chi connectivity index (χ1v) is 10.1. The van der Waals surface area contributed by atoms with Crippen molar-refractivity contribution in [3.05, 3.63) is 66.2 Å². The van der Waals surface area contributed by atoms with Gasteiger partial charge in [-0.1, -0.05) is 55.0 Å². The van der Waals surface area contributed by atoms with Gasteiger partial charge in [0.15, 0.2) is 0 Å². The van der Waals surface area contributed by atoms with Crippen LogP contribution < -0.4 is 0 Å². The summed E-state index contributed by atoms with van der Waals surface area (Å²) in [5, 5.41) is 0. The first kappa shape index (κ1) is 18.5. The van der Waals surface area contributed by atoms with Crippen molar-refractivity contribution in [3.63, 3.8) is 0 Å². The van der Waals surface area contributed by atoms with Gasteiger partial charge in [-0.2, -0.15) is 0 Å². The zero-order valence-electron chi connectivity index (χ0n) is 16.1. The van der Waals surface area contributed by atoms with Gasteiger partial charge in [0.1, 0.15) is 0 Å². The Labute approximate surface area is 166 Å². The van der Waals surface area contributed by atoms with Crippen LogP contribution in [0, 0.1) is 5.92 Å². The molecule has 4 rings (SSSR count). The SMILES string of the molecule is O=C(/C=C/c1cccc(-c2ccccc2)c1)N1CCN(C(=O)C2CCC2)CC1. The number of benzene rings is 2. The molecule has 2 amide bonds. The van der Waals surface area contributed by atoms with Crippen LogP contribution in [-0.4, -0.2) is 47.8 Å². The van der Waals surface area contributed by atoms with Gasteiger partial charge >= 0.3 is 0 Å². The van der Waals surface area contributed by atoms with Crippen molar-refractivity contribution in [2.45, 2.75) is 19.3 Å². The van der Waals surface area contributed by atoms with E-state index in [-0.39, 0.29) is 17.7 Å². The minimum atomic E-state index is 0.0147. The van der Waals surface area contributed by atoms with Crippen molar-refractivity contribution in [1.82, 2.24) is 9.80 Å². The highest BCUT2D eigenvalue weighted by atomic mass is 16.2. The Balaban J connectivity index is 1.34. The molecule has 4 nitrogen and oxygen atoms in total. The molecule has 0 unspecified atom stereocenters. The Bertz CT molecular complexity index is 863. The standard InChI is InChI=1S/C24H26N2O2/c27-23(25-14-16-26(17-15-25)24(28)21-9-5-10-21)13-12-19-6-4-11-22(18-19)20-7-2-1-3-8-20/h1-4,6-8,11-13,18,21H,5,9-10,14-17H2/b13-12+.